The summed E-state index contributed by atoms with van der Waals surface area (Å²) in [6.45, 7) is 3.95. The number of fused-ring (bicyclic) bond motifs is 4. The van der Waals surface area contributed by atoms with Gasteiger partial charge in [0.05, 0.1) is 6.04 Å². The molecule has 2 N–H and O–H groups in total. The van der Waals surface area contributed by atoms with Crippen molar-refractivity contribution >= 4 is 46.2 Å². The van der Waals surface area contributed by atoms with Crippen molar-refractivity contribution in [2.75, 3.05) is 10.2 Å². The van der Waals surface area contributed by atoms with Crippen molar-refractivity contribution in [1.82, 2.24) is 5.32 Å². The van der Waals surface area contributed by atoms with Gasteiger partial charge in [0.25, 0.3) is 0 Å². The van der Waals surface area contributed by atoms with Gasteiger partial charge in [-0.3, -0.25) is 9.69 Å². The third-order valence-corrected chi connectivity index (χ3v) is 6.61. The predicted molar refractivity (Wildman–Crippen MR) is 131 cm³/mol. The Hall–Kier alpha value is -3.09. The first-order valence-electron chi connectivity index (χ1n) is 10.4. The number of carbonyl (C=O) groups excluding carboxylic acids is 1. The van der Waals surface area contributed by atoms with Crippen LogP contribution in [-0.4, -0.2) is 16.7 Å². The molecule has 0 saturated carbocycles. The number of para-hydroxylation sites is 1. The molecule has 2 bridgehead atoms. The quantitative estimate of drug-likeness (QED) is 0.506. The van der Waals surface area contributed by atoms with E-state index in [0.29, 0.717) is 15.8 Å². The van der Waals surface area contributed by atoms with Gasteiger partial charge in [-0.15, -0.1) is 0 Å². The Kier molecular flexibility index (Phi) is 5.07. The molecule has 32 heavy (non-hydrogen) atoms. The number of nitrogens with zero attached hydrogens (tertiary/aromatic N) is 1. The number of hydrogen-bond acceptors (Lipinski definition) is 3. The normalized spacial score (nSPS) is 23.6. The Morgan fingerprint density at radius 2 is 1.84 bits per heavy atom. The van der Waals surface area contributed by atoms with Crippen LogP contribution in [0.1, 0.15) is 24.1 Å². The summed E-state index contributed by atoms with van der Waals surface area (Å²) in [7, 11) is 0. The summed E-state index contributed by atoms with van der Waals surface area (Å²) in [5.41, 5.74) is 2.50. The lowest BCUT2D eigenvalue weighted by Gasteiger charge is -2.56. The number of benzene rings is 3. The van der Waals surface area contributed by atoms with E-state index in [1.807, 2.05) is 61.2 Å². The highest BCUT2D eigenvalue weighted by Gasteiger charge is 2.59. The first kappa shape index (κ1) is 20.8. The molecule has 3 aromatic carbocycles. The number of aryl methyl sites for hydroxylation is 1. The van der Waals surface area contributed by atoms with Crippen LogP contribution in [0.2, 0.25) is 5.02 Å². The van der Waals surface area contributed by atoms with Gasteiger partial charge in [0.2, 0.25) is 5.91 Å². The standard InChI is InChI=1S/C25H22ClN3O2S/c1-15-8-13-20-19(14-15)22-21(23(30)27-17-11-9-16(26)10-12-17)25(2,31-20)29(24(32)28-22)18-6-4-3-5-7-18/h3-14,21-22H,1-2H3,(H,27,30)(H,28,32)/t21-,22-,25-/m0/s1. The number of halogens is 1. The van der Waals surface area contributed by atoms with Gasteiger partial charge in [0.1, 0.15) is 11.7 Å². The fourth-order valence-corrected chi connectivity index (χ4v) is 5.16. The van der Waals surface area contributed by atoms with Crippen LogP contribution in [0, 0.1) is 12.8 Å². The Morgan fingerprint density at radius 3 is 2.56 bits per heavy atom. The lowest BCUT2D eigenvalue weighted by molar-refractivity contribution is -0.130. The Bertz CT molecular complexity index is 1200. The highest BCUT2D eigenvalue weighted by molar-refractivity contribution is 7.80. The van der Waals surface area contributed by atoms with E-state index in [4.69, 9.17) is 28.6 Å². The number of amides is 1. The molecule has 7 heteroatoms. The minimum absolute atomic E-state index is 0.164. The first-order chi connectivity index (χ1) is 15.4. The summed E-state index contributed by atoms with van der Waals surface area (Å²) in [5.74, 6) is -0.00290. The number of thiocarbonyl (C=S) groups is 1. The average molecular weight is 464 g/mol. The predicted octanol–water partition coefficient (Wildman–Crippen LogP) is 5.45. The van der Waals surface area contributed by atoms with E-state index in [1.54, 1.807) is 24.3 Å². The molecule has 2 aliphatic heterocycles. The van der Waals surface area contributed by atoms with E-state index in [0.717, 1.165) is 22.6 Å². The summed E-state index contributed by atoms with van der Waals surface area (Å²) in [6.07, 6.45) is 0. The highest BCUT2D eigenvalue weighted by Crippen LogP contribution is 2.50. The molecule has 3 atom stereocenters. The first-order valence-corrected chi connectivity index (χ1v) is 11.2. The second kappa shape index (κ2) is 7.80. The van der Waals surface area contributed by atoms with Gasteiger partial charge in [-0.05, 0) is 68.5 Å². The van der Waals surface area contributed by atoms with E-state index >= 15 is 0 Å². The van der Waals surface area contributed by atoms with Gasteiger partial charge in [0, 0.05) is 22.0 Å². The van der Waals surface area contributed by atoms with Crippen molar-refractivity contribution in [3.63, 3.8) is 0 Å². The molecule has 0 aliphatic carbocycles. The van der Waals surface area contributed by atoms with Crippen molar-refractivity contribution in [3.8, 4) is 5.75 Å². The van der Waals surface area contributed by atoms with Crippen LogP contribution in [-0.2, 0) is 4.79 Å². The van der Waals surface area contributed by atoms with Gasteiger partial charge >= 0.3 is 0 Å². The smallest absolute Gasteiger partial charge is 0.236 e. The number of nitrogens with one attached hydrogen (secondary N) is 2. The summed E-state index contributed by atoms with van der Waals surface area (Å²) in [6, 6.07) is 22.5. The van der Waals surface area contributed by atoms with Gasteiger partial charge in [-0.2, -0.15) is 0 Å². The third-order valence-electron chi connectivity index (χ3n) is 6.06. The number of ether oxygens (including phenoxy) is 1. The van der Waals surface area contributed by atoms with Crippen LogP contribution in [0.5, 0.6) is 5.75 Å². The molecule has 162 valence electrons. The Morgan fingerprint density at radius 1 is 1.12 bits per heavy atom. The number of carbonyl (C=O) groups is 1. The third kappa shape index (κ3) is 3.40. The van der Waals surface area contributed by atoms with Gasteiger partial charge < -0.3 is 15.4 Å². The zero-order valence-electron chi connectivity index (χ0n) is 17.6. The lowest BCUT2D eigenvalue weighted by atomic mass is 9.78. The monoisotopic (exact) mass is 463 g/mol. The molecule has 1 amide bonds. The van der Waals surface area contributed by atoms with Crippen LogP contribution >= 0.6 is 23.8 Å². The minimum atomic E-state index is -1.03. The number of rotatable bonds is 3. The topological polar surface area (TPSA) is 53.6 Å². The molecule has 5 nitrogen and oxygen atoms in total. The van der Waals surface area contributed by atoms with Gasteiger partial charge in [0.15, 0.2) is 10.8 Å². The molecule has 0 unspecified atom stereocenters. The lowest BCUT2D eigenvalue weighted by Crippen LogP contribution is -2.72. The molecule has 0 aromatic heterocycles. The van der Waals surface area contributed by atoms with Crippen LogP contribution in [0.4, 0.5) is 11.4 Å². The molecule has 5 rings (SSSR count). The van der Waals surface area contributed by atoms with Crippen LogP contribution in [0.15, 0.2) is 72.8 Å². The molecular formula is C25H22ClN3O2S. The van der Waals surface area contributed by atoms with E-state index in [2.05, 4.69) is 16.7 Å². The average Bonchev–Trinajstić information content (AvgIpc) is 2.76. The summed E-state index contributed by atoms with van der Waals surface area (Å²) in [5, 5.41) is 7.59. The molecule has 3 aromatic rings. The summed E-state index contributed by atoms with van der Waals surface area (Å²) >= 11 is 11.8. The number of anilines is 2. The van der Waals surface area contributed by atoms with Crippen LogP contribution in [0.3, 0.4) is 0 Å². The zero-order valence-corrected chi connectivity index (χ0v) is 19.2. The number of hydrogen-bond donors (Lipinski definition) is 2. The van der Waals surface area contributed by atoms with Crippen molar-refractivity contribution in [2.24, 2.45) is 5.92 Å². The maximum atomic E-state index is 13.7. The maximum Gasteiger partial charge on any atom is 0.236 e. The Labute approximate surface area is 197 Å². The molecule has 1 fully saturated rings. The molecule has 0 spiro atoms. The molecule has 2 heterocycles. The minimum Gasteiger partial charge on any atom is -0.467 e. The van der Waals surface area contributed by atoms with Crippen LogP contribution in [0.25, 0.3) is 0 Å². The fraction of sp³-hybridized carbons (Fsp3) is 0.200. The molecular weight excluding hydrogens is 442 g/mol. The molecule has 2 aliphatic rings. The van der Waals surface area contributed by atoms with Gasteiger partial charge in [-0.25, -0.2) is 0 Å². The molecule has 0 radical (unpaired) electrons. The summed E-state index contributed by atoms with van der Waals surface area (Å²) in [4.78, 5) is 15.6. The Balaban J connectivity index is 1.62. The summed E-state index contributed by atoms with van der Waals surface area (Å²) < 4.78 is 6.59. The van der Waals surface area contributed by atoms with Crippen molar-refractivity contribution < 1.29 is 9.53 Å². The maximum absolute atomic E-state index is 13.7. The van der Waals surface area contributed by atoms with Crippen LogP contribution < -0.4 is 20.3 Å². The van der Waals surface area contributed by atoms with Gasteiger partial charge in [-0.1, -0.05) is 47.5 Å². The van der Waals surface area contributed by atoms with E-state index in [9.17, 15) is 4.79 Å². The SMILES string of the molecule is Cc1ccc2c(c1)[C@@H]1NC(=S)N(c3ccccc3)[C@@](C)(O2)[C@@H]1C(=O)Nc1ccc(Cl)cc1. The van der Waals surface area contributed by atoms with E-state index in [1.165, 1.54) is 0 Å². The second-order valence-corrected chi connectivity index (χ2v) is 9.09. The fourth-order valence-electron chi connectivity index (χ4n) is 4.62. The molecule has 1 saturated heterocycles. The van der Waals surface area contributed by atoms with Crippen molar-refractivity contribution in [3.05, 3.63) is 88.9 Å². The highest BCUT2D eigenvalue weighted by atomic mass is 35.5. The second-order valence-electron chi connectivity index (χ2n) is 8.27. The van der Waals surface area contributed by atoms with E-state index < -0.39 is 11.6 Å². The largest absolute Gasteiger partial charge is 0.467 e. The van der Waals surface area contributed by atoms with Crippen molar-refractivity contribution in [1.29, 1.82) is 0 Å². The zero-order chi connectivity index (χ0) is 22.5. The van der Waals surface area contributed by atoms with E-state index in [-0.39, 0.29) is 11.9 Å². The van der Waals surface area contributed by atoms with Crippen molar-refractivity contribution in [2.45, 2.75) is 25.6 Å².